The van der Waals surface area contributed by atoms with Crippen molar-refractivity contribution in [2.24, 2.45) is 5.73 Å². The van der Waals surface area contributed by atoms with Crippen molar-refractivity contribution in [3.05, 3.63) is 35.9 Å². The van der Waals surface area contributed by atoms with Crippen molar-refractivity contribution >= 4 is 20.0 Å². The lowest BCUT2D eigenvalue weighted by atomic mass is 10.1. The molecule has 1 aromatic rings. The van der Waals surface area contributed by atoms with Gasteiger partial charge in [-0.2, -0.15) is 0 Å². The third-order valence-electron chi connectivity index (χ3n) is 2.92. The summed E-state index contributed by atoms with van der Waals surface area (Å²) in [4.78, 5) is 32.1. The molecule has 1 aromatic carbocycles. The van der Waals surface area contributed by atoms with E-state index in [1.807, 2.05) is 0 Å². The lowest BCUT2D eigenvalue weighted by Crippen LogP contribution is -2.62. The predicted molar refractivity (Wildman–Crippen MR) is 68.2 cm³/mol. The number of carbonyl (C=O) groups is 2. The largest absolute Gasteiger partial charge is 0.341 e. The molecule has 0 aromatic heterocycles. The Morgan fingerprint density at radius 2 is 2.11 bits per heavy atom. The fourth-order valence-electron chi connectivity index (χ4n) is 1.78. The van der Waals surface area contributed by atoms with E-state index in [0.29, 0.717) is 5.56 Å². The summed E-state index contributed by atoms with van der Waals surface area (Å²) >= 11 is 0. The first kappa shape index (κ1) is 13.7. The molecule has 1 heterocycles. The summed E-state index contributed by atoms with van der Waals surface area (Å²) in [6, 6.07) is 7.13. The van der Waals surface area contributed by atoms with Crippen LogP contribution < -0.4 is 11.1 Å². The third kappa shape index (κ3) is 2.84. The fraction of sp³-hybridized carbons (Fsp3) is 0.273. The number of carbonyl (C=O) groups excluding carboxylic acids is 2. The van der Waals surface area contributed by atoms with Crippen molar-refractivity contribution in [3.63, 3.8) is 0 Å². The Morgan fingerprint density at radius 1 is 1.47 bits per heavy atom. The van der Waals surface area contributed by atoms with Gasteiger partial charge in [0.2, 0.25) is 5.91 Å². The van der Waals surface area contributed by atoms with Crippen LogP contribution in [0.2, 0.25) is 0 Å². The highest BCUT2D eigenvalue weighted by Crippen LogP contribution is 2.29. The molecule has 102 valence electrons. The van der Waals surface area contributed by atoms with Crippen LogP contribution in [0.5, 0.6) is 0 Å². The first-order valence-corrected chi connectivity index (χ1v) is 6.96. The SMILES string of the molecule is NC(C(=O)N[C@H]1CN([PH](=O)O)C1=O)c1ccccc1. The molecule has 19 heavy (non-hydrogen) atoms. The number of benzene rings is 1. The minimum Gasteiger partial charge on any atom is -0.341 e. The number of rotatable bonds is 4. The lowest BCUT2D eigenvalue weighted by Gasteiger charge is -2.36. The van der Waals surface area contributed by atoms with Crippen molar-refractivity contribution in [2.45, 2.75) is 12.1 Å². The minimum absolute atomic E-state index is 0.0420. The Kier molecular flexibility index (Phi) is 3.99. The fourth-order valence-corrected chi connectivity index (χ4v) is 2.46. The highest BCUT2D eigenvalue weighted by molar-refractivity contribution is 7.36. The van der Waals surface area contributed by atoms with Gasteiger partial charge >= 0.3 is 0 Å². The van der Waals surface area contributed by atoms with E-state index in [-0.39, 0.29) is 6.54 Å². The molecular formula is C11H14N3O4P. The summed E-state index contributed by atoms with van der Waals surface area (Å²) in [6.45, 7) is 0.0420. The van der Waals surface area contributed by atoms with Gasteiger partial charge in [0.1, 0.15) is 12.1 Å². The van der Waals surface area contributed by atoms with Gasteiger partial charge in [0.15, 0.2) is 0 Å². The van der Waals surface area contributed by atoms with Crippen molar-refractivity contribution in [2.75, 3.05) is 6.54 Å². The Bertz CT molecular complexity index is 522. The molecule has 4 N–H and O–H groups in total. The predicted octanol–water partition coefficient (Wildman–Crippen LogP) is -0.605. The molecule has 2 unspecified atom stereocenters. The molecule has 0 spiro atoms. The average molecular weight is 283 g/mol. The molecule has 0 saturated carbocycles. The second kappa shape index (κ2) is 5.52. The zero-order valence-corrected chi connectivity index (χ0v) is 10.9. The number of nitrogens with zero attached hydrogens (tertiary/aromatic N) is 1. The maximum absolute atomic E-state index is 11.8. The quantitative estimate of drug-likeness (QED) is 0.504. The normalized spacial score (nSPS) is 21.5. The first-order valence-electron chi connectivity index (χ1n) is 5.66. The zero-order chi connectivity index (χ0) is 14.0. The van der Waals surface area contributed by atoms with E-state index in [9.17, 15) is 14.2 Å². The van der Waals surface area contributed by atoms with Gasteiger partial charge < -0.3 is 15.9 Å². The molecule has 1 aliphatic heterocycles. The smallest absolute Gasteiger partial charge is 0.284 e. The summed E-state index contributed by atoms with van der Waals surface area (Å²) in [5.41, 5.74) is 6.40. The number of nitrogens with two attached hydrogens (primary N) is 1. The maximum atomic E-state index is 11.8. The molecule has 1 fully saturated rings. The summed E-state index contributed by atoms with van der Waals surface area (Å²) in [5, 5.41) is 2.46. The van der Waals surface area contributed by atoms with Crippen LogP contribution in [0, 0.1) is 0 Å². The van der Waals surface area contributed by atoms with Gasteiger partial charge in [-0.15, -0.1) is 0 Å². The molecular weight excluding hydrogens is 269 g/mol. The van der Waals surface area contributed by atoms with Crippen LogP contribution in [-0.4, -0.2) is 34.0 Å². The highest BCUT2D eigenvalue weighted by atomic mass is 31.1. The van der Waals surface area contributed by atoms with E-state index in [2.05, 4.69) is 5.32 Å². The van der Waals surface area contributed by atoms with Crippen LogP contribution in [-0.2, 0) is 14.2 Å². The summed E-state index contributed by atoms with van der Waals surface area (Å²) in [5.74, 6) is -1.04. The Hall–Kier alpha value is -1.69. The molecule has 1 aliphatic rings. The summed E-state index contributed by atoms with van der Waals surface area (Å²) in [6.07, 6.45) is 0. The second-order valence-electron chi connectivity index (χ2n) is 4.18. The van der Waals surface area contributed by atoms with Crippen molar-refractivity contribution < 1.29 is 19.0 Å². The second-order valence-corrected chi connectivity index (χ2v) is 5.29. The molecule has 0 bridgehead atoms. The van der Waals surface area contributed by atoms with Crippen LogP contribution in [0.25, 0.3) is 0 Å². The number of nitrogens with one attached hydrogen (secondary N) is 1. The van der Waals surface area contributed by atoms with E-state index in [1.54, 1.807) is 30.3 Å². The lowest BCUT2D eigenvalue weighted by molar-refractivity contribution is -0.140. The van der Waals surface area contributed by atoms with E-state index in [0.717, 1.165) is 4.67 Å². The van der Waals surface area contributed by atoms with Gasteiger partial charge in [-0.3, -0.25) is 18.8 Å². The Labute approximate surface area is 110 Å². The molecule has 2 amide bonds. The summed E-state index contributed by atoms with van der Waals surface area (Å²) in [7, 11) is -3.01. The minimum atomic E-state index is -3.01. The van der Waals surface area contributed by atoms with Gasteiger partial charge in [0.05, 0.1) is 6.54 Å². The van der Waals surface area contributed by atoms with Crippen LogP contribution in [0.15, 0.2) is 30.3 Å². The Morgan fingerprint density at radius 3 is 2.63 bits per heavy atom. The maximum Gasteiger partial charge on any atom is 0.284 e. The monoisotopic (exact) mass is 283 g/mol. The van der Waals surface area contributed by atoms with Crippen molar-refractivity contribution in [1.29, 1.82) is 0 Å². The van der Waals surface area contributed by atoms with Crippen molar-refractivity contribution in [3.8, 4) is 0 Å². The molecule has 3 atom stereocenters. The number of amides is 2. The highest BCUT2D eigenvalue weighted by Gasteiger charge is 2.40. The standard InChI is InChI=1S/C11H14N3O4P/c12-9(7-4-2-1-3-5-7)10(15)13-8-6-14(11(8)16)19(17)18/h1-5,8-9,19H,6,12H2,(H,13,15)(H,17,18)/t8-,9?/m0/s1. The molecule has 7 nitrogen and oxygen atoms in total. The molecule has 1 saturated heterocycles. The van der Waals surface area contributed by atoms with Crippen LogP contribution >= 0.6 is 8.18 Å². The van der Waals surface area contributed by atoms with Gasteiger partial charge in [0.25, 0.3) is 14.1 Å². The number of hydrogen-bond donors (Lipinski definition) is 3. The molecule has 2 rings (SSSR count). The number of β-lactam (4-membered cyclic amide) rings is 1. The van der Waals surface area contributed by atoms with Gasteiger partial charge in [-0.25, -0.2) is 0 Å². The van der Waals surface area contributed by atoms with Gasteiger partial charge in [-0.05, 0) is 5.56 Å². The van der Waals surface area contributed by atoms with Crippen molar-refractivity contribution in [1.82, 2.24) is 9.99 Å². The molecule has 0 radical (unpaired) electrons. The van der Waals surface area contributed by atoms with E-state index in [4.69, 9.17) is 10.6 Å². The van der Waals surface area contributed by atoms with Gasteiger partial charge in [-0.1, -0.05) is 30.3 Å². The van der Waals surface area contributed by atoms with Crippen LogP contribution in [0.4, 0.5) is 0 Å². The molecule has 0 aliphatic carbocycles. The average Bonchev–Trinajstić information content (AvgIpc) is 2.41. The van der Waals surface area contributed by atoms with E-state index in [1.165, 1.54) is 0 Å². The van der Waals surface area contributed by atoms with Gasteiger partial charge in [0, 0.05) is 0 Å². The third-order valence-corrected chi connectivity index (χ3v) is 3.78. The Balaban J connectivity index is 1.93. The van der Waals surface area contributed by atoms with Crippen LogP contribution in [0.3, 0.4) is 0 Å². The van der Waals surface area contributed by atoms with E-state index < -0.39 is 32.1 Å². The van der Waals surface area contributed by atoms with Crippen LogP contribution in [0.1, 0.15) is 11.6 Å². The molecule has 8 heteroatoms. The first-order chi connectivity index (χ1) is 9.00. The number of hydrogen-bond acceptors (Lipinski definition) is 4. The topological polar surface area (TPSA) is 113 Å². The zero-order valence-electron chi connectivity index (χ0n) is 9.95. The van der Waals surface area contributed by atoms with E-state index >= 15 is 0 Å². The summed E-state index contributed by atoms with van der Waals surface area (Å²) < 4.78 is 11.6.